The molecule has 0 aliphatic rings. The van der Waals surface area contributed by atoms with Crippen molar-refractivity contribution in [2.24, 2.45) is 5.92 Å². The molecule has 4 heteroatoms. The molecule has 88 valence electrons. The largest absolute Gasteiger partial charge is 0.466 e. The highest BCUT2D eigenvalue weighted by Crippen LogP contribution is 1.98. The molecule has 0 aromatic heterocycles. The Morgan fingerprint density at radius 2 is 1.40 bits per heavy atom. The normalized spacial score (nSPS) is 8.93. The van der Waals surface area contributed by atoms with E-state index in [0.717, 1.165) is 6.42 Å². The number of ether oxygens (including phenoxy) is 1. The molecule has 0 rings (SSSR count). The van der Waals surface area contributed by atoms with Crippen LogP contribution in [0.2, 0.25) is 0 Å². The number of esters is 1. The summed E-state index contributed by atoms with van der Waals surface area (Å²) in [4.78, 5) is 29.8. The third-order valence-corrected chi connectivity index (χ3v) is 1.50. The maximum atomic E-state index is 10.2. The molecule has 0 amide bonds. The molecule has 0 unspecified atom stereocenters. The predicted molar refractivity (Wildman–Crippen MR) is 57.5 cm³/mol. The summed E-state index contributed by atoms with van der Waals surface area (Å²) in [6.45, 7) is 8.70. The number of hydrogen-bond acceptors (Lipinski definition) is 4. The Morgan fingerprint density at radius 1 is 1.00 bits per heavy atom. The maximum absolute atomic E-state index is 10.2. The summed E-state index contributed by atoms with van der Waals surface area (Å²) >= 11 is 0. The smallest absolute Gasteiger partial charge is 0.302 e. The van der Waals surface area contributed by atoms with E-state index in [2.05, 4.69) is 13.8 Å². The highest BCUT2D eigenvalue weighted by Gasteiger charge is 1.95. The number of rotatable bonds is 4. The zero-order valence-corrected chi connectivity index (χ0v) is 10.1. The van der Waals surface area contributed by atoms with Crippen LogP contribution in [0.1, 0.15) is 41.0 Å². The maximum Gasteiger partial charge on any atom is 0.302 e. The Kier molecular flexibility index (Phi) is 10.1. The molecule has 0 heterocycles. The van der Waals surface area contributed by atoms with Gasteiger partial charge in [0, 0.05) is 20.8 Å². The Hall–Kier alpha value is -1.19. The molecule has 0 aliphatic carbocycles. The van der Waals surface area contributed by atoms with Crippen molar-refractivity contribution in [2.45, 2.75) is 41.0 Å². The van der Waals surface area contributed by atoms with Crippen LogP contribution in [0.3, 0.4) is 0 Å². The number of carbonyl (C=O) groups is 3. The Morgan fingerprint density at radius 3 is 1.60 bits per heavy atom. The van der Waals surface area contributed by atoms with Gasteiger partial charge in [0.25, 0.3) is 0 Å². The van der Waals surface area contributed by atoms with Crippen LogP contribution < -0.4 is 0 Å². The lowest BCUT2D eigenvalue weighted by molar-refractivity contribution is -0.141. The van der Waals surface area contributed by atoms with Crippen molar-refractivity contribution >= 4 is 17.5 Å². The molecule has 0 bridgehead atoms. The summed E-state index contributed by atoms with van der Waals surface area (Å²) in [6.07, 6.45) is 0.958. The first-order chi connectivity index (χ1) is 6.77. The second kappa shape index (κ2) is 9.37. The minimum atomic E-state index is -0.380. The molecule has 0 saturated carbocycles. The Balaban J connectivity index is 0. The van der Waals surface area contributed by atoms with Gasteiger partial charge in [0.1, 0.15) is 0 Å². The molecule has 15 heavy (non-hydrogen) atoms. The van der Waals surface area contributed by atoms with Gasteiger partial charge in [0.15, 0.2) is 11.6 Å². The van der Waals surface area contributed by atoms with E-state index in [1.165, 1.54) is 20.8 Å². The van der Waals surface area contributed by atoms with Gasteiger partial charge in [0.05, 0.1) is 6.61 Å². The van der Waals surface area contributed by atoms with Crippen LogP contribution in [-0.2, 0) is 19.1 Å². The molecule has 0 spiro atoms. The second-order valence-electron chi connectivity index (χ2n) is 3.63. The second-order valence-corrected chi connectivity index (χ2v) is 3.63. The van der Waals surface area contributed by atoms with Gasteiger partial charge in [-0.25, -0.2) is 0 Å². The van der Waals surface area contributed by atoms with E-state index in [4.69, 9.17) is 4.74 Å². The summed E-state index contributed by atoms with van der Waals surface area (Å²) in [5.74, 6) is -0.329. The minimum Gasteiger partial charge on any atom is -0.466 e. The standard InChI is InChI=1S/C7H14O2.C4H6O2/c1-6(2)4-5-9-7(3)8;1-3(5)4(2)6/h6H,4-5H2,1-3H3;1-2H3. The van der Waals surface area contributed by atoms with Gasteiger partial charge in [-0.15, -0.1) is 0 Å². The SMILES string of the molecule is CC(=O)C(C)=O.CC(=O)OCCC(C)C. The highest BCUT2D eigenvalue weighted by atomic mass is 16.5. The van der Waals surface area contributed by atoms with Gasteiger partial charge in [-0.2, -0.15) is 0 Å². The van der Waals surface area contributed by atoms with E-state index >= 15 is 0 Å². The third kappa shape index (κ3) is 19.3. The molecule has 0 aliphatic heterocycles. The lowest BCUT2D eigenvalue weighted by Crippen LogP contribution is -2.02. The van der Waals surface area contributed by atoms with Crippen LogP contribution in [0.15, 0.2) is 0 Å². The molecule has 4 nitrogen and oxygen atoms in total. The summed E-state index contributed by atoms with van der Waals surface area (Å²) < 4.78 is 4.71. The molecule has 0 fully saturated rings. The molecule has 0 saturated heterocycles. The fourth-order valence-corrected chi connectivity index (χ4v) is 0.438. The van der Waals surface area contributed by atoms with Crippen molar-refractivity contribution in [3.05, 3.63) is 0 Å². The molecule has 0 atom stereocenters. The van der Waals surface area contributed by atoms with E-state index < -0.39 is 0 Å². The van der Waals surface area contributed by atoms with Gasteiger partial charge < -0.3 is 4.74 Å². The average Bonchev–Trinajstić information content (AvgIpc) is 2.03. The van der Waals surface area contributed by atoms with Crippen molar-refractivity contribution in [3.63, 3.8) is 0 Å². The first kappa shape index (κ1) is 16.2. The Bertz CT molecular complexity index is 207. The highest BCUT2D eigenvalue weighted by molar-refractivity contribution is 6.35. The first-order valence-corrected chi connectivity index (χ1v) is 4.92. The van der Waals surface area contributed by atoms with Crippen molar-refractivity contribution in [1.29, 1.82) is 0 Å². The van der Waals surface area contributed by atoms with Crippen LogP contribution in [0.4, 0.5) is 0 Å². The number of carbonyl (C=O) groups excluding carboxylic acids is 3. The van der Waals surface area contributed by atoms with Gasteiger partial charge in [-0.05, 0) is 12.3 Å². The lowest BCUT2D eigenvalue weighted by Gasteiger charge is -2.02. The first-order valence-electron chi connectivity index (χ1n) is 4.92. The van der Waals surface area contributed by atoms with E-state index in [1.807, 2.05) is 0 Å². The molecule has 0 aromatic rings. The van der Waals surface area contributed by atoms with Gasteiger partial charge in [-0.1, -0.05) is 13.8 Å². The van der Waals surface area contributed by atoms with Crippen molar-refractivity contribution in [2.75, 3.05) is 6.61 Å². The average molecular weight is 216 g/mol. The van der Waals surface area contributed by atoms with Crippen LogP contribution in [0.5, 0.6) is 0 Å². The van der Waals surface area contributed by atoms with E-state index in [9.17, 15) is 14.4 Å². The summed E-state index contributed by atoms with van der Waals surface area (Å²) in [7, 11) is 0. The third-order valence-electron chi connectivity index (χ3n) is 1.50. The minimum absolute atomic E-state index is 0.185. The van der Waals surface area contributed by atoms with Gasteiger partial charge in [-0.3, -0.25) is 14.4 Å². The number of ketones is 2. The zero-order valence-electron chi connectivity index (χ0n) is 10.1. The predicted octanol–water partition coefficient (Wildman–Crippen LogP) is 1.76. The molecule has 0 N–H and O–H groups in total. The van der Waals surface area contributed by atoms with Gasteiger partial charge >= 0.3 is 5.97 Å². The topological polar surface area (TPSA) is 60.4 Å². The quantitative estimate of drug-likeness (QED) is 0.530. The Labute approximate surface area is 91.0 Å². The number of hydrogen-bond donors (Lipinski definition) is 0. The molecular weight excluding hydrogens is 196 g/mol. The molecule has 0 aromatic carbocycles. The number of Topliss-reactive ketones (excluding diaryl/α,β-unsaturated/α-hetero) is 2. The van der Waals surface area contributed by atoms with Crippen molar-refractivity contribution in [3.8, 4) is 0 Å². The molecular formula is C11H20O4. The zero-order chi connectivity index (χ0) is 12.4. The van der Waals surface area contributed by atoms with E-state index in [-0.39, 0.29) is 17.5 Å². The summed E-state index contributed by atoms with van der Waals surface area (Å²) in [5.41, 5.74) is 0. The monoisotopic (exact) mass is 216 g/mol. The summed E-state index contributed by atoms with van der Waals surface area (Å²) in [6, 6.07) is 0. The van der Waals surface area contributed by atoms with Crippen LogP contribution in [-0.4, -0.2) is 24.1 Å². The van der Waals surface area contributed by atoms with Crippen LogP contribution in [0.25, 0.3) is 0 Å². The molecule has 0 radical (unpaired) electrons. The van der Waals surface area contributed by atoms with Gasteiger partial charge in [0.2, 0.25) is 0 Å². The van der Waals surface area contributed by atoms with Crippen molar-refractivity contribution < 1.29 is 19.1 Å². The fraction of sp³-hybridized carbons (Fsp3) is 0.727. The fourth-order valence-electron chi connectivity index (χ4n) is 0.438. The lowest BCUT2D eigenvalue weighted by atomic mass is 10.1. The van der Waals surface area contributed by atoms with Crippen LogP contribution >= 0.6 is 0 Å². The summed E-state index contributed by atoms with van der Waals surface area (Å²) in [5, 5.41) is 0. The van der Waals surface area contributed by atoms with E-state index in [1.54, 1.807) is 0 Å². The van der Waals surface area contributed by atoms with Crippen LogP contribution in [0, 0.1) is 5.92 Å². The van der Waals surface area contributed by atoms with Crippen molar-refractivity contribution in [1.82, 2.24) is 0 Å². The van der Waals surface area contributed by atoms with E-state index in [0.29, 0.717) is 12.5 Å².